The van der Waals surface area contributed by atoms with Crippen molar-refractivity contribution in [1.29, 1.82) is 0 Å². The van der Waals surface area contributed by atoms with Crippen molar-refractivity contribution >= 4 is 5.97 Å². The molecule has 0 aromatic heterocycles. The van der Waals surface area contributed by atoms with Crippen molar-refractivity contribution < 1.29 is 22.7 Å². The fraction of sp³-hybridized carbons (Fsp3) is 0.533. The zero-order chi connectivity index (χ0) is 15.2. The molecule has 20 heavy (non-hydrogen) atoms. The molecule has 0 aliphatic heterocycles. The second kappa shape index (κ2) is 7.31. The predicted octanol–water partition coefficient (Wildman–Crippen LogP) is 4.23. The van der Waals surface area contributed by atoms with Gasteiger partial charge in [0.25, 0.3) is 0 Å². The summed E-state index contributed by atoms with van der Waals surface area (Å²) in [4.78, 5) is 11.6. The van der Waals surface area contributed by atoms with Crippen LogP contribution >= 0.6 is 0 Å². The molecule has 0 amide bonds. The second-order valence-corrected chi connectivity index (χ2v) is 4.74. The van der Waals surface area contributed by atoms with E-state index in [2.05, 4.69) is 0 Å². The summed E-state index contributed by atoms with van der Waals surface area (Å²) >= 11 is 0. The van der Waals surface area contributed by atoms with Crippen LogP contribution < -0.4 is 0 Å². The number of alkyl halides is 3. The summed E-state index contributed by atoms with van der Waals surface area (Å²) < 4.78 is 42.3. The van der Waals surface area contributed by atoms with Gasteiger partial charge in [-0.15, -0.1) is 0 Å². The minimum Gasteiger partial charge on any atom is -0.465 e. The maximum absolute atomic E-state index is 12.4. The van der Waals surface area contributed by atoms with Gasteiger partial charge in [0.15, 0.2) is 0 Å². The van der Waals surface area contributed by atoms with Crippen LogP contribution in [0.2, 0.25) is 0 Å². The van der Waals surface area contributed by atoms with Gasteiger partial charge in [-0.05, 0) is 23.6 Å². The highest BCUT2D eigenvalue weighted by Crippen LogP contribution is 2.29. The number of esters is 1. The minimum atomic E-state index is -4.35. The zero-order valence-electron chi connectivity index (χ0n) is 11.7. The van der Waals surface area contributed by atoms with E-state index in [-0.39, 0.29) is 6.42 Å². The number of carbonyl (C=O) groups is 1. The predicted molar refractivity (Wildman–Crippen MR) is 70.2 cm³/mol. The molecule has 0 unspecified atom stereocenters. The molecular weight excluding hydrogens is 269 g/mol. The van der Waals surface area contributed by atoms with Crippen LogP contribution in [0.5, 0.6) is 0 Å². The van der Waals surface area contributed by atoms with Gasteiger partial charge in [-0.25, -0.2) is 0 Å². The van der Waals surface area contributed by atoms with Crippen LogP contribution in [0.4, 0.5) is 13.2 Å². The lowest BCUT2D eigenvalue weighted by Crippen LogP contribution is -2.15. The van der Waals surface area contributed by atoms with Gasteiger partial charge in [0.05, 0.1) is 18.6 Å². The molecule has 0 aliphatic carbocycles. The van der Waals surface area contributed by atoms with Gasteiger partial charge >= 0.3 is 12.1 Å². The number of hydrogen-bond acceptors (Lipinski definition) is 2. The van der Waals surface area contributed by atoms with E-state index in [0.717, 1.165) is 25.0 Å². The van der Waals surface area contributed by atoms with Gasteiger partial charge in [-0.2, -0.15) is 13.2 Å². The Morgan fingerprint density at radius 1 is 1.15 bits per heavy atom. The van der Waals surface area contributed by atoms with Crippen LogP contribution in [0.25, 0.3) is 0 Å². The third kappa shape index (κ3) is 5.23. The molecule has 0 aliphatic rings. The Balaban J connectivity index is 2.50. The van der Waals surface area contributed by atoms with Gasteiger partial charge in [0.1, 0.15) is 0 Å². The topological polar surface area (TPSA) is 26.3 Å². The third-order valence-corrected chi connectivity index (χ3v) is 3.26. The molecule has 0 atom stereocenters. The first-order valence-electron chi connectivity index (χ1n) is 6.68. The van der Waals surface area contributed by atoms with E-state index in [1.165, 1.54) is 12.1 Å². The molecule has 1 aromatic rings. The molecule has 0 fully saturated rings. The SMILES string of the molecule is CCC(CC)COC(=O)Cc1ccc(C(F)(F)F)cc1. The quantitative estimate of drug-likeness (QED) is 0.732. The van der Waals surface area contributed by atoms with Gasteiger partial charge < -0.3 is 4.74 Å². The number of halogens is 3. The lowest BCUT2D eigenvalue weighted by atomic mass is 10.1. The Hall–Kier alpha value is -1.52. The van der Waals surface area contributed by atoms with Gasteiger partial charge in [-0.1, -0.05) is 38.8 Å². The molecule has 5 heteroatoms. The van der Waals surface area contributed by atoms with Gasteiger partial charge in [-0.3, -0.25) is 4.79 Å². The summed E-state index contributed by atoms with van der Waals surface area (Å²) in [6, 6.07) is 4.56. The number of hydrogen-bond donors (Lipinski definition) is 0. The smallest absolute Gasteiger partial charge is 0.416 e. The first-order chi connectivity index (χ1) is 9.36. The molecule has 0 N–H and O–H groups in total. The highest BCUT2D eigenvalue weighted by atomic mass is 19.4. The standard InChI is InChI=1S/C15H19F3O2/c1-3-11(4-2)10-20-14(19)9-12-5-7-13(8-6-12)15(16,17)18/h5-8,11H,3-4,9-10H2,1-2H3. The fourth-order valence-corrected chi connectivity index (χ4v) is 1.76. The number of carbonyl (C=O) groups excluding carboxylic acids is 1. The van der Waals surface area contributed by atoms with Gasteiger partial charge in [0.2, 0.25) is 0 Å². The summed E-state index contributed by atoms with van der Waals surface area (Å²) in [6.07, 6.45) is -2.49. The summed E-state index contributed by atoms with van der Waals surface area (Å²) in [5.41, 5.74) is -0.195. The van der Waals surface area contributed by atoms with E-state index in [1.807, 2.05) is 13.8 Å². The van der Waals surface area contributed by atoms with Crippen LogP contribution in [-0.4, -0.2) is 12.6 Å². The maximum atomic E-state index is 12.4. The Kier molecular flexibility index (Phi) is 6.05. The van der Waals surface area contributed by atoms with Crippen LogP contribution in [0, 0.1) is 5.92 Å². The van der Waals surface area contributed by atoms with E-state index >= 15 is 0 Å². The van der Waals surface area contributed by atoms with E-state index in [1.54, 1.807) is 0 Å². The highest BCUT2D eigenvalue weighted by Gasteiger charge is 2.29. The number of rotatable bonds is 6. The molecule has 1 rings (SSSR count). The van der Waals surface area contributed by atoms with Crippen LogP contribution in [0.1, 0.15) is 37.8 Å². The van der Waals surface area contributed by atoms with Crippen LogP contribution in [0.3, 0.4) is 0 Å². The lowest BCUT2D eigenvalue weighted by Gasteiger charge is -2.12. The molecule has 112 valence electrons. The normalized spacial score (nSPS) is 11.7. The first kappa shape index (κ1) is 16.5. The average Bonchev–Trinajstić information content (AvgIpc) is 2.39. The van der Waals surface area contributed by atoms with E-state index in [4.69, 9.17) is 4.74 Å². The minimum absolute atomic E-state index is 0.00170. The molecule has 0 bridgehead atoms. The number of ether oxygens (including phenoxy) is 1. The fourth-order valence-electron chi connectivity index (χ4n) is 1.76. The Morgan fingerprint density at radius 2 is 1.70 bits per heavy atom. The third-order valence-electron chi connectivity index (χ3n) is 3.26. The molecule has 0 saturated heterocycles. The second-order valence-electron chi connectivity index (χ2n) is 4.74. The Labute approximate surface area is 116 Å². The van der Waals surface area contributed by atoms with Crippen molar-refractivity contribution in [3.8, 4) is 0 Å². The monoisotopic (exact) mass is 288 g/mol. The van der Waals surface area contributed by atoms with E-state index in [0.29, 0.717) is 18.1 Å². The molecule has 0 spiro atoms. The largest absolute Gasteiger partial charge is 0.465 e. The maximum Gasteiger partial charge on any atom is 0.416 e. The zero-order valence-corrected chi connectivity index (χ0v) is 11.7. The van der Waals surface area contributed by atoms with Crippen LogP contribution in [0.15, 0.2) is 24.3 Å². The van der Waals surface area contributed by atoms with Gasteiger partial charge in [0, 0.05) is 0 Å². The van der Waals surface area contributed by atoms with Crippen molar-refractivity contribution in [2.45, 2.75) is 39.3 Å². The molecule has 0 saturated carbocycles. The Bertz CT molecular complexity index is 420. The lowest BCUT2D eigenvalue weighted by molar-refractivity contribution is -0.144. The molecule has 0 heterocycles. The van der Waals surface area contributed by atoms with E-state index < -0.39 is 17.7 Å². The Morgan fingerprint density at radius 3 is 2.15 bits per heavy atom. The van der Waals surface area contributed by atoms with Crippen molar-refractivity contribution in [3.63, 3.8) is 0 Å². The van der Waals surface area contributed by atoms with Crippen LogP contribution in [-0.2, 0) is 22.1 Å². The van der Waals surface area contributed by atoms with Crippen molar-refractivity contribution in [2.24, 2.45) is 5.92 Å². The summed E-state index contributed by atoms with van der Waals surface area (Å²) in [5, 5.41) is 0. The summed E-state index contributed by atoms with van der Waals surface area (Å²) in [5.74, 6) is -0.0665. The van der Waals surface area contributed by atoms with Crippen molar-refractivity contribution in [3.05, 3.63) is 35.4 Å². The average molecular weight is 288 g/mol. The molecular formula is C15H19F3O2. The highest BCUT2D eigenvalue weighted by molar-refractivity contribution is 5.72. The first-order valence-corrected chi connectivity index (χ1v) is 6.68. The summed E-state index contributed by atoms with van der Waals surface area (Å²) in [7, 11) is 0. The van der Waals surface area contributed by atoms with Crippen molar-refractivity contribution in [1.82, 2.24) is 0 Å². The molecule has 1 aromatic carbocycles. The summed E-state index contributed by atoms with van der Waals surface area (Å²) in [6.45, 7) is 4.42. The van der Waals surface area contributed by atoms with E-state index in [9.17, 15) is 18.0 Å². The van der Waals surface area contributed by atoms with Crippen molar-refractivity contribution in [2.75, 3.05) is 6.61 Å². The molecule has 0 radical (unpaired) electrons. The molecule has 2 nitrogen and oxygen atoms in total. The number of benzene rings is 1.